The fraction of sp³-hybridized carbons (Fsp3) is 0.385. The Morgan fingerprint density at radius 1 is 1.52 bits per heavy atom. The predicted molar refractivity (Wildman–Crippen MR) is 86.1 cm³/mol. The van der Waals surface area contributed by atoms with Gasteiger partial charge < -0.3 is 9.84 Å². The number of nitrogens with one attached hydrogen (secondary N) is 2. The maximum absolute atomic E-state index is 11.1. The predicted octanol–water partition coefficient (Wildman–Crippen LogP) is 2.12. The number of thiophene rings is 1. The van der Waals surface area contributed by atoms with E-state index in [-0.39, 0.29) is 12.5 Å². The highest BCUT2D eigenvalue weighted by molar-refractivity contribution is 8.17. The van der Waals surface area contributed by atoms with E-state index < -0.39 is 5.97 Å². The van der Waals surface area contributed by atoms with Crippen molar-refractivity contribution in [2.24, 2.45) is 4.99 Å². The molecule has 0 fully saturated rings. The fourth-order valence-electron chi connectivity index (χ4n) is 1.80. The highest BCUT2D eigenvalue weighted by Crippen LogP contribution is 2.33. The van der Waals surface area contributed by atoms with E-state index >= 15 is 0 Å². The monoisotopic (exact) mass is 327 g/mol. The fourth-order valence-corrected chi connectivity index (χ4v) is 3.64. The molecule has 1 aromatic rings. The molecule has 0 bridgehead atoms. The molecule has 114 valence electrons. The van der Waals surface area contributed by atoms with E-state index in [1.807, 2.05) is 24.4 Å². The summed E-state index contributed by atoms with van der Waals surface area (Å²) < 4.78 is 5.05. The van der Waals surface area contributed by atoms with Crippen LogP contribution < -0.4 is 10.9 Å². The van der Waals surface area contributed by atoms with Gasteiger partial charge in [0.15, 0.2) is 5.17 Å². The third kappa shape index (κ3) is 4.48. The number of carboxylic acids is 1. The van der Waals surface area contributed by atoms with Gasteiger partial charge in [0.05, 0.1) is 29.6 Å². The summed E-state index contributed by atoms with van der Waals surface area (Å²) in [5.74, 6) is -0.862. The highest BCUT2D eigenvalue weighted by atomic mass is 32.2. The number of amidine groups is 1. The first-order valence-corrected chi connectivity index (χ1v) is 8.05. The molecule has 0 unspecified atom stereocenters. The van der Waals surface area contributed by atoms with Crippen LogP contribution in [0.5, 0.6) is 0 Å². The summed E-state index contributed by atoms with van der Waals surface area (Å²) >= 11 is 2.90. The summed E-state index contributed by atoms with van der Waals surface area (Å²) in [7, 11) is 1.63. The molecule has 0 radical (unpaired) electrons. The molecule has 1 aliphatic heterocycles. The molecule has 3 N–H and O–H groups in total. The molecule has 0 spiro atoms. The number of aliphatic imine (C=N–C) groups is 1. The molecule has 8 heteroatoms. The van der Waals surface area contributed by atoms with E-state index in [0.717, 1.165) is 15.5 Å². The van der Waals surface area contributed by atoms with Gasteiger partial charge in [-0.15, -0.1) is 11.3 Å². The molecule has 2 rings (SSSR count). The van der Waals surface area contributed by atoms with Crippen molar-refractivity contribution in [3.63, 3.8) is 0 Å². The summed E-state index contributed by atoms with van der Waals surface area (Å²) in [6.07, 6.45) is -0.0374. The lowest BCUT2D eigenvalue weighted by molar-refractivity contribution is -0.136. The maximum Gasteiger partial charge on any atom is 0.308 e. The zero-order valence-electron chi connectivity index (χ0n) is 11.8. The number of aliphatic carboxylic acids is 1. The van der Waals surface area contributed by atoms with Crippen LogP contribution in [0, 0.1) is 0 Å². The number of hydrogen-bond donors (Lipinski definition) is 3. The van der Waals surface area contributed by atoms with Crippen molar-refractivity contribution >= 4 is 39.9 Å². The molecule has 0 amide bonds. The molecular formula is C13H17N3O3S2. The number of methoxy groups -OCH3 is 1. The van der Waals surface area contributed by atoms with Crippen LogP contribution in [0.4, 0.5) is 0 Å². The number of thioether (sulfide) groups is 1. The van der Waals surface area contributed by atoms with Gasteiger partial charge in [0.25, 0.3) is 0 Å². The Bertz CT molecular complexity index is 555. The second-order valence-electron chi connectivity index (χ2n) is 4.44. The summed E-state index contributed by atoms with van der Waals surface area (Å²) in [4.78, 5) is 17.3. The smallest absolute Gasteiger partial charge is 0.308 e. The molecular weight excluding hydrogens is 310 g/mol. The second-order valence-corrected chi connectivity index (χ2v) is 6.47. The highest BCUT2D eigenvalue weighted by Gasteiger charge is 2.22. The van der Waals surface area contributed by atoms with Crippen molar-refractivity contribution < 1.29 is 14.6 Å². The van der Waals surface area contributed by atoms with Crippen LogP contribution in [0.15, 0.2) is 27.4 Å². The first kappa shape index (κ1) is 15.9. The number of hydrogen-bond acceptors (Lipinski definition) is 6. The molecule has 0 saturated heterocycles. The van der Waals surface area contributed by atoms with Gasteiger partial charge in [-0.3, -0.25) is 20.6 Å². The molecule has 0 aromatic carbocycles. The van der Waals surface area contributed by atoms with Gasteiger partial charge in [-0.1, -0.05) is 17.8 Å². The molecule has 0 saturated carbocycles. The van der Waals surface area contributed by atoms with E-state index in [1.165, 1.54) is 11.8 Å². The number of nitrogens with zero attached hydrogens (tertiary/aromatic N) is 1. The van der Waals surface area contributed by atoms with E-state index in [0.29, 0.717) is 11.8 Å². The minimum atomic E-state index is -0.862. The zero-order chi connectivity index (χ0) is 15.2. The Labute approximate surface area is 131 Å². The maximum atomic E-state index is 11.1. The van der Waals surface area contributed by atoms with Gasteiger partial charge in [-0.2, -0.15) is 0 Å². The van der Waals surface area contributed by atoms with Gasteiger partial charge in [-0.05, 0) is 18.4 Å². The molecule has 1 aliphatic rings. The van der Waals surface area contributed by atoms with E-state index in [4.69, 9.17) is 9.84 Å². The van der Waals surface area contributed by atoms with Gasteiger partial charge in [0.1, 0.15) is 0 Å². The Kier molecular flexibility index (Phi) is 5.66. The molecule has 1 atom stereocenters. The van der Waals surface area contributed by atoms with Gasteiger partial charge >= 0.3 is 5.97 Å². The largest absolute Gasteiger partial charge is 0.481 e. The van der Waals surface area contributed by atoms with Crippen molar-refractivity contribution in [2.75, 3.05) is 13.7 Å². The molecule has 1 aromatic heterocycles. The summed E-state index contributed by atoms with van der Waals surface area (Å²) in [6.45, 7) is 2.45. The lowest BCUT2D eigenvalue weighted by Gasteiger charge is -2.23. The number of carbonyl (C=O) groups is 1. The molecule has 6 nitrogen and oxygen atoms in total. The quantitative estimate of drug-likeness (QED) is 0.742. The van der Waals surface area contributed by atoms with Crippen LogP contribution in [0.1, 0.15) is 18.2 Å². The minimum Gasteiger partial charge on any atom is -0.481 e. The average molecular weight is 327 g/mol. The van der Waals surface area contributed by atoms with Crippen LogP contribution in [0.3, 0.4) is 0 Å². The molecule has 2 heterocycles. The lowest BCUT2D eigenvalue weighted by Crippen LogP contribution is -2.39. The van der Waals surface area contributed by atoms with Crippen LogP contribution in [0.2, 0.25) is 0 Å². The Hall–Kier alpha value is -1.51. The van der Waals surface area contributed by atoms with Crippen molar-refractivity contribution in [1.82, 2.24) is 10.9 Å². The Morgan fingerprint density at radius 2 is 2.33 bits per heavy atom. The van der Waals surface area contributed by atoms with Gasteiger partial charge in [0.2, 0.25) is 0 Å². The SMILES string of the molecule is COC[C@H](C)N=C1NNC(c2cccs2)=C(CC(=O)O)S1. The standard InChI is InChI=1S/C13H17N3O3S2/c1-8(7-19-2)14-13-16-15-12(9-4-3-5-20-9)10(21-13)6-11(17)18/h3-5,8,15H,6-7H2,1-2H3,(H,14,16)(H,17,18)/t8-/m0/s1. The van der Waals surface area contributed by atoms with E-state index in [2.05, 4.69) is 15.8 Å². The van der Waals surface area contributed by atoms with Crippen LogP contribution in [-0.4, -0.2) is 36.0 Å². The topological polar surface area (TPSA) is 83.0 Å². The van der Waals surface area contributed by atoms with Crippen molar-refractivity contribution in [3.05, 3.63) is 27.3 Å². The average Bonchev–Trinajstić information content (AvgIpc) is 2.92. The number of ether oxygens (including phenoxy) is 1. The lowest BCUT2D eigenvalue weighted by atomic mass is 10.3. The third-order valence-electron chi connectivity index (χ3n) is 2.62. The molecule has 0 aliphatic carbocycles. The Morgan fingerprint density at radius 3 is 2.95 bits per heavy atom. The van der Waals surface area contributed by atoms with E-state index in [9.17, 15) is 4.79 Å². The normalized spacial score (nSPS) is 18.3. The molecule has 21 heavy (non-hydrogen) atoms. The van der Waals surface area contributed by atoms with Crippen LogP contribution in [-0.2, 0) is 9.53 Å². The van der Waals surface area contributed by atoms with Crippen molar-refractivity contribution in [2.45, 2.75) is 19.4 Å². The number of hydrazine groups is 1. The van der Waals surface area contributed by atoms with E-state index in [1.54, 1.807) is 18.4 Å². The second kappa shape index (κ2) is 7.48. The van der Waals surface area contributed by atoms with Crippen molar-refractivity contribution in [3.8, 4) is 0 Å². The first-order valence-electron chi connectivity index (χ1n) is 6.35. The minimum absolute atomic E-state index is 0.00108. The van der Waals surface area contributed by atoms with Gasteiger partial charge in [-0.25, -0.2) is 0 Å². The van der Waals surface area contributed by atoms with Gasteiger partial charge in [0, 0.05) is 12.0 Å². The van der Waals surface area contributed by atoms with Crippen LogP contribution in [0.25, 0.3) is 5.70 Å². The zero-order valence-corrected chi connectivity index (χ0v) is 13.4. The van der Waals surface area contributed by atoms with Crippen LogP contribution >= 0.6 is 23.1 Å². The third-order valence-corrected chi connectivity index (χ3v) is 4.50. The Balaban J connectivity index is 2.22. The summed E-state index contributed by atoms with van der Waals surface area (Å²) in [5, 5.41) is 11.7. The first-order chi connectivity index (χ1) is 10.1. The summed E-state index contributed by atoms with van der Waals surface area (Å²) in [6, 6.07) is 3.88. The number of carboxylic acid groups (broad SMARTS) is 1. The number of rotatable bonds is 6. The summed E-state index contributed by atoms with van der Waals surface area (Å²) in [5.41, 5.74) is 6.87. The van der Waals surface area contributed by atoms with Crippen molar-refractivity contribution in [1.29, 1.82) is 0 Å².